The lowest BCUT2D eigenvalue weighted by Crippen LogP contribution is -2.62. The number of alkyl halides is 12. The zero-order valence-electron chi connectivity index (χ0n) is 24.8. The van der Waals surface area contributed by atoms with Crippen LogP contribution in [0.4, 0.5) is 52.7 Å². The molecule has 2 N–H and O–H groups in total. The molecule has 0 bridgehead atoms. The third-order valence-electron chi connectivity index (χ3n) is 7.21. The van der Waals surface area contributed by atoms with E-state index in [1.54, 1.807) is 13.8 Å². The summed E-state index contributed by atoms with van der Waals surface area (Å²) >= 11 is 0. The van der Waals surface area contributed by atoms with E-state index in [1.165, 1.54) is 6.92 Å². The molecule has 0 saturated carbocycles. The van der Waals surface area contributed by atoms with E-state index in [2.05, 4.69) is 4.74 Å². The Morgan fingerprint density at radius 2 is 1.07 bits per heavy atom. The van der Waals surface area contributed by atoms with Crippen molar-refractivity contribution in [3.05, 3.63) is 0 Å². The molecule has 8 nitrogen and oxygen atoms in total. The van der Waals surface area contributed by atoms with Gasteiger partial charge in [0.05, 0.1) is 17.4 Å². The fourth-order valence-electron chi connectivity index (χ4n) is 3.07. The molecular weight excluding hydrogens is 656 g/mol. The van der Waals surface area contributed by atoms with Crippen LogP contribution in [-0.4, -0.2) is 82.8 Å². The Morgan fingerprint density at radius 3 is 1.33 bits per heavy atom. The van der Waals surface area contributed by atoms with Crippen molar-refractivity contribution in [2.75, 3.05) is 6.61 Å². The second kappa shape index (κ2) is 14.1. The monoisotopic (exact) mass is 690 g/mol. The number of cyclic esters (lactones) is 1. The Balaban J connectivity index is 0.00000114. The van der Waals surface area contributed by atoms with Gasteiger partial charge >= 0.3 is 42.6 Å². The number of carbonyl (C=O) groups is 3. The SMILES string of the molecule is CCC(C)(C)C(=O)OC(CC(O)(C(F)(F)F)C(F)(F)F)CC(O)(C(F)(F)F)C(F)(F)F.CCC(C)(C)C(=O)OC1CCOC1=O. The van der Waals surface area contributed by atoms with Gasteiger partial charge in [0, 0.05) is 19.3 Å². The molecule has 0 aromatic carbocycles. The number of rotatable bonds is 10. The normalized spacial score (nSPS) is 17.4. The van der Waals surface area contributed by atoms with Crippen molar-refractivity contribution in [2.45, 2.75) is 122 Å². The molecule has 0 amide bonds. The summed E-state index contributed by atoms with van der Waals surface area (Å²) < 4.78 is 168. The van der Waals surface area contributed by atoms with Crippen molar-refractivity contribution in [1.29, 1.82) is 0 Å². The van der Waals surface area contributed by atoms with Crippen LogP contribution in [-0.2, 0) is 28.6 Å². The maximum absolute atomic E-state index is 12.9. The zero-order chi connectivity index (χ0) is 36.3. The van der Waals surface area contributed by atoms with Crippen LogP contribution in [0.2, 0.25) is 0 Å². The van der Waals surface area contributed by atoms with Gasteiger partial charge in [0.25, 0.3) is 11.2 Å². The maximum atomic E-state index is 12.9. The molecule has 20 heteroatoms. The minimum atomic E-state index is -6.63. The number of hydrogen-bond acceptors (Lipinski definition) is 8. The third kappa shape index (κ3) is 10.2. The van der Waals surface area contributed by atoms with Gasteiger partial charge in [-0.2, -0.15) is 52.7 Å². The van der Waals surface area contributed by atoms with E-state index in [1.807, 2.05) is 6.92 Å². The van der Waals surface area contributed by atoms with Gasteiger partial charge in [-0.15, -0.1) is 0 Å². The predicted molar refractivity (Wildman–Crippen MR) is 127 cm³/mol. The van der Waals surface area contributed by atoms with Gasteiger partial charge in [-0.25, -0.2) is 4.79 Å². The van der Waals surface area contributed by atoms with E-state index < -0.39 is 83.7 Å². The summed E-state index contributed by atoms with van der Waals surface area (Å²) in [7, 11) is 0. The maximum Gasteiger partial charge on any atom is 0.426 e. The Morgan fingerprint density at radius 1 is 0.733 bits per heavy atom. The second-order valence-corrected chi connectivity index (χ2v) is 11.5. The molecule has 1 saturated heterocycles. The lowest BCUT2D eigenvalue weighted by Gasteiger charge is -2.39. The van der Waals surface area contributed by atoms with Crippen LogP contribution in [0.3, 0.4) is 0 Å². The second-order valence-electron chi connectivity index (χ2n) is 11.5. The van der Waals surface area contributed by atoms with Gasteiger partial charge in [0.2, 0.25) is 6.10 Å². The summed E-state index contributed by atoms with van der Waals surface area (Å²) in [6.07, 6.45) is -35.8. The summed E-state index contributed by atoms with van der Waals surface area (Å²) in [6, 6.07) is 0. The molecular formula is C25H34F12O8. The fourth-order valence-corrected chi connectivity index (χ4v) is 3.07. The Labute approximate surface area is 249 Å². The lowest BCUT2D eigenvalue weighted by molar-refractivity contribution is -0.386. The van der Waals surface area contributed by atoms with Crippen LogP contribution in [0, 0.1) is 10.8 Å². The molecule has 1 aliphatic rings. The van der Waals surface area contributed by atoms with Gasteiger partial charge in [-0.1, -0.05) is 13.8 Å². The van der Waals surface area contributed by atoms with Crippen LogP contribution in [0.1, 0.15) is 73.6 Å². The van der Waals surface area contributed by atoms with Gasteiger partial charge in [0.15, 0.2) is 0 Å². The van der Waals surface area contributed by atoms with Crippen molar-refractivity contribution >= 4 is 17.9 Å². The van der Waals surface area contributed by atoms with E-state index in [0.29, 0.717) is 19.4 Å². The fraction of sp³-hybridized carbons (Fsp3) is 0.880. The topological polar surface area (TPSA) is 119 Å². The number of halogens is 12. The first-order valence-electron chi connectivity index (χ1n) is 13.0. The minimum Gasteiger partial charge on any atom is -0.463 e. The van der Waals surface area contributed by atoms with Crippen LogP contribution in [0.15, 0.2) is 0 Å². The summed E-state index contributed by atoms with van der Waals surface area (Å²) in [5, 5.41) is 18.3. The van der Waals surface area contributed by atoms with E-state index in [4.69, 9.17) is 19.7 Å². The number of ether oxygens (including phenoxy) is 3. The van der Waals surface area contributed by atoms with Crippen molar-refractivity contribution in [3.63, 3.8) is 0 Å². The van der Waals surface area contributed by atoms with E-state index >= 15 is 0 Å². The Bertz CT molecular complexity index is 961. The van der Waals surface area contributed by atoms with E-state index in [9.17, 15) is 67.1 Å². The number of esters is 3. The first-order valence-corrected chi connectivity index (χ1v) is 13.0. The molecule has 266 valence electrons. The summed E-state index contributed by atoms with van der Waals surface area (Å²) in [6.45, 7) is 9.10. The quantitative estimate of drug-likeness (QED) is 0.160. The van der Waals surface area contributed by atoms with Gasteiger partial charge < -0.3 is 24.4 Å². The highest BCUT2D eigenvalue weighted by atomic mass is 19.4. The smallest absolute Gasteiger partial charge is 0.426 e. The van der Waals surface area contributed by atoms with Crippen LogP contribution in [0.5, 0.6) is 0 Å². The Hall–Kier alpha value is -2.51. The van der Waals surface area contributed by atoms with Crippen LogP contribution >= 0.6 is 0 Å². The average molecular weight is 691 g/mol. The summed E-state index contributed by atoms with van der Waals surface area (Å²) in [5.74, 6) is -2.51. The minimum absolute atomic E-state index is 0.232. The summed E-state index contributed by atoms with van der Waals surface area (Å²) in [5.41, 5.74) is -14.0. The molecule has 1 unspecified atom stereocenters. The zero-order valence-corrected chi connectivity index (χ0v) is 24.8. The van der Waals surface area contributed by atoms with Crippen LogP contribution in [0.25, 0.3) is 0 Å². The molecule has 1 aliphatic heterocycles. The molecule has 0 aromatic heterocycles. The molecule has 1 rings (SSSR count). The highest BCUT2D eigenvalue weighted by Gasteiger charge is 2.74. The van der Waals surface area contributed by atoms with E-state index in [0.717, 1.165) is 13.8 Å². The first-order chi connectivity index (χ1) is 19.7. The van der Waals surface area contributed by atoms with Crippen LogP contribution < -0.4 is 0 Å². The van der Waals surface area contributed by atoms with Crippen molar-refractivity contribution in [3.8, 4) is 0 Å². The van der Waals surface area contributed by atoms with Gasteiger partial charge in [0.1, 0.15) is 6.10 Å². The number of carbonyl (C=O) groups excluding carboxylic acids is 3. The lowest BCUT2D eigenvalue weighted by atomic mass is 9.86. The Kier molecular flexibility index (Phi) is 13.3. The highest BCUT2D eigenvalue weighted by molar-refractivity contribution is 5.82. The number of aliphatic hydroxyl groups is 2. The average Bonchev–Trinajstić information content (AvgIpc) is 3.25. The largest absolute Gasteiger partial charge is 0.463 e. The van der Waals surface area contributed by atoms with Crippen molar-refractivity contribution < 1.29 is 91.5 Å². The standard InChI is InChI=1S/C15H18F12O4.C10H16O4/c1-4-9(2,3)8(28)31-7(5-10(29,12(16,17)18)13(19,20)21)6-11(30,14(22,23)24)15(25,26)27;1-4-10(2,3)9(12)14-7-5-6-13-8(7)11/h7,29-30H,4-6H2,1-3H3;7H,4-6H2,1-3H3. The van der Waals surface area contributed by atoms with Crippen molar-refractivity contribution in [1.82, 2.24) is 0 Å². The molecule has 1 atom stereocenters. The molecule has 0 aliphatic carbocycles. The molecule has 0 spiro atoms. The molecule has 0 radical (unpaired) electrons. The summed E-state index contributed by atoms with van der Waals surface area (Å²) in [4.78, 5) is 34.6. The molecule has 45 heavy (non-hydrogen) atoms. The molecule has 0 aromatic rings. The highest BCUT2D eigenvalue weighted by Crippen LogP contribution is 2.50. The van der Waals surface area contributed by atoms with Crippen molar-refractivity contribution in [2.24, 2.45) is 10.8 Å². The number of hydrogen-bond donors (Lipinski definition) is 2. The molecule has 1 heterocycles. The molecule has 1 fully saturated rings. The first kappa shape index (κ1) is 42.5. The van der Waals surface area contributed by atoms with Gasteiger partial charge in [-0.3, -0.25) is 9.59 Å². The predicted octanol–water partition coefficient (Wildman–Crippen LogP) is 6.11. The van der Waals surface area contributed by atoms with Gasteiger partial charge in [-0.05, 0) is 40.5 Å². The third-order valence-corrected chi connectivity index (χ3v) is 7.21. The van der Waals surface area contributed by atoms with E-state index in [-0.39, 0.29) is 12.4 Å².